The van der Waals surface area contributed by atoms with Gasteiger partial charge in [0.15, 0.2) is 0 Å². The number of anilines is 2. The topological polar surface area (TPSA) is 99.9 Å². The average Bonchev–Trinajstić information content (AvgIpc) is 2.89. The van der Waals surface area contributed by atoms with E-state index in [2.05, 4.69) is 10.3 Å². The van der Waals surface area contributed by atoms with Gasteiger partial charge >= 0.3 is 17.6 Å². The Morgan fingerprint density at radius 2 is 1.76 bits per heavy atom. The molecule has 0 saturated heterocycles. The van der Waals surface area contributed by atoms with Crippen molar-refractivity contribution in [1.29, 1.82) is 0 Å². The molecule has 190 valence electrons. The fourth-order valence-electron chi connectivity index (χ4n) is 3.35. The number of nitrogens with zero attached hydrogens (tertiary/aromatic N) is 1. The molecule has 3 aromatic carbocycles. The first-order chi connectivity index (χ1) is 18.0. The number of nitrogens with one attached hydrogen (secondary N) is 1. The molecule has 0 bridgehead atoms. The minimum absolute atomic E-state index is 0.0975. The summed E-state index contributed by atoms with van der Waals surface area (Å²) in [5, 5.41) is 3.42. The first-order valence-electron chi connectivity index (χ1n) is 11.9. The molecule has 0 saturated carbocycles. The molecule has 1 heterocycles. The van der Waals surface area contributed by atoms with Gasteiger partial charge < -0.3 is 23.9 Å². The van der Waals surface area contributed by atoms with Gasteiger partial charge in [-0.25, -0.2) is 9.59 Å². The molecule has 4 rings (SSSR count). The van der Waals surface area contributed by atoms with E-state index in [1.54, 1.807) is 48.5 Å². The van der Waals surface area contributed by atoms with Gasteiger partial charge in [0.25, 0.3) is 0 Å². The number of fused-ring (bicyclic) bond motifs is 1. The van der Waals surface area contributed by atoms with Crippen molar-refractivity contribution in [1.82, 2.24) is 4.98 Å². The minimum Gasteiger partial charge on any atom is -0.493 e. The van der Waals surface area contributed by atoms with Crippen LogP contribution < -0.4 is 20.4 Å². The number of allylic oxidation sites excluding steroid dienone is 1. The number of ether oxygens (including phenoxy) is 3. The van der Waals surface area contributed by atoms with E-state index in [4.69, 9.17) is 18.6 Å². The second kappa shape index (κ2) is 12.4. The van der Waals surface area contributed by atoms with Gasteiger partial charge in [0.05, 0.1) is 29.7 Å². The molecule has 0 fully saturated rings. The van der Waals surface area contributed by atoms with Crippen molar-refractivity contribution in [2.75, 3.05) is 25.1 Å². The summed E-state index contributed by atoms with van der Waals surface area (Å²) in [5.41, 5.74) is 2.39. The molecule has 8 heteroatoms. The van der Waals surface area contributed by atoms with Crippen LogP contribution in [0.15, 0.2) is 93.7 Å². The van der Waals surface area contributed by atoms with E-state index in [1.165, 1.54) is 5.57 Å². The molecule has 0 amide bonds. The van der Waals surface area contributed by atoms with Gasteiger partial charge in [0, 0.05) is 18.2 Å². The van der Waals surface area contributed by atoms with Crippen molar-refractivity contribution >= 4 is 28.6 Å². The van der Waals surface area contributed by atoms with Gasteiger partial charge in [-0.05, 0) is 68.5 Å². The van der Waals surface area contributed by atoms with E-state index in [0.717, 1.165) is 0 Å². The number of rotatable bonds is 11. The number of carbonyl (C=O) groups excluding carboxylic acids is 1. The van der Waals surface area contributed by atoms with Crippen LogP contribution >= 0.6 is 0 Å². The first-order valence-corrected chi connectivity index (χ1v) is 11.9. The molecule has 0 unspecified atom stereocenters. The Morgan fingerprint density at radius 3 is 2.57 bits per heavy atom. The van der Waals surface area contributed by atoms with Gasteiger partial charge in [-0.1, -0.05) is 23.8 Å². The quantitative estimate of drug-likeness (QED) is 0.154. The lowest BCUT2D eigenvalue weighted by Crippen LogP contribution is -2.09. The predicted molar refractivity (Wildman–Crippen MR) is 142 cm³/mol. The van der Waals surface area contributed by atoms with Crippen LogP contribution in [-0.4, -0.2) is 30.8 Å². The second-order valence-corrected chi connectivity index (χ2v) is 8.43. The Balaban J connectivity index is 1.22. The van der Waals surface area contributed by atoms with Crippen LogP contribution in [0.4, 0.5) is 11.7 Å². The fraction of sp³-hybridized carbons (Fsp3) is 0.207. The highest BCUT2D eigenvalue weighted by Crippen LogP contribution is 2.21. The maximum Gasteiger partial charge on any atom is 0.348 e. The van der Waals surface area contributed by atoms with Crippen LogP contribution in [0.2, 0.25) is 0 Å². The number of aromatic nitrogens is 1. The van der Waals surface area contributed by atoms with Crippen LogP contribution in [0, 0.1) is 0 Å². The number of benzene rings is 3. The molecular weight excluding hydrogens is 472 g/mol. The lowest BCUT2D eigenvalue weighted by atomic mass is 10.2. The van der Waals surface area contributed by atoms with Gasteiger partial charge in [-0.15, -0.1) is 0 Å². The van der Waals surface area contributed by atoms with E-state index < -0.39 is 11.6 Å². The van der Waals surface area contributed by atoms with Crippen molar-refractivity contribution in [2.45, 2.75) is 20.3 Å². The van der Waals surface area contributed by atoms with E-state index >= 15 is 0 Å². The highest BCUT2D eigenvalue weighted by atomic mass is 16.5. The van der Waals surface area contributed by atoms with Gasteiger partial charge in [-0.2, -0.15) is 4.98 Å². The Labute approximate surface area is 214 Å². The number of carbonyl (C=O) groups is 1. The Morgan fingerprint density at radius 1 is 0.946 bits per heavy atom. The Kier molecular flexibility index (Phi) is 8.54. The number of hydrogen-bond donors (Lipinski definition) is 1. The zero-order valence-electron chi connectivity index (χ0n) is 20.7. The normalized spacial score (nSPS) is 10.5. The molecule has 4 aromatic rings. The molecule has 1 N–H and O–H groups in total. The number of hydrogen-bond acceptors (Lipinski definition) is 8. The molecule has 8 nitrogen and oxygen atoms in total. The predicted octanol–water partition coefficient (Wildman–Crippen LogP) is 5.90. The summed E-state index contributed by atoms with van der Waals surface area (Å²) in [4.78, 5) is 28.8. The average molecular weight is 501 g/mol. The summed E-state index contributed by atoms with van der Waals surface area (Å²) in [5.74, 6) is 0.910. The highest BCUT2D eigenvalue weighted by molar-refractivity contribution is 5.89. The van der Waals surface area contributed by atoms with Crippen LogP contribution in [0.5, 0.6) is 11.5 Å². The van der Waals surface area contributed by atoms with Gasteiger partial charge in [0.2, 0.25) is 0 Å². The number of para-hydroxylation sites is 1. The van der Waals surface area contributed by atoms with E-state index in [-0.39, 0.29) is 12.6 Å². The van der Waals surface area contributed by atoms with Crippen molar-refractivity contribution in [3.05, 3.63) is 100 Å². The zero-order valence-corrected chi connectivity index (χ0v) is 20.7. The largest absolute Gasteiger partial charge is 0.493 e. The summed E-state index contributed by atoms with van der Waals surface area (Å²) < 4.78 is 22.0. The molecule has 37 heavy (non-hydrogen) atoms. The molecule has 0 aliphatic rings. The molecule has 0 aliphatic carbocycles. The maximum atomic E-state index is 12.3. The van der Waals surface area contributed by atoms with Crippen LogP contribution in [0.1, 0.15) is 30.6 Å². The van der Waals surface area contributed by atoms with Crippen molar-refractivity contribution < 1.29 is 23.4 Å². The first kappa shape index (κ1) is 25.5. The highest BCUT2D eigenvalue weighted by Gasteiger charge is 2.08. The Hall–Kier alpha value is -4.59. The van der Waals surface area contributed by atoms with Crippen LogP contribution in [0.3, 0.4) is 0 Å². The SMILES string of the molecule is CC(C)=CCOc1ccc(C(=O)OCCCOc2cccc(Nc3nc4ccccc4c(=O)o3)c2)cc1. The van der Waals surface area contributed by atoms with Crippen molar-refractivity contribution in [3.8, 4) is 11.5 Å². The zero-order chi connectivity index (χ0) is 26.0. The van der Waals surface area contributed by atoms with E-state index in [1.807, 2.05) is 44.2 Å². The molecule has 0 aliphatic heterocycles. The lowest BCUT2D eigenvalue weighted by molar-refractivity contribution is 0.0486. The molecule has 0 spiro atoms. The molecule has 0 radical (unpaired) electrons. The summed E-state index contributed by atoms with van der Waals surface area (Å²) in [6.45, 7) is 5.09. The fourth-order valence-corrected chi connectivity index (χ4v) is 3.35. The van der Waals surface area contributed by atoms with Crippen molar-refractivity contribution in [3.63, 3.8) is 0 Å². The third-order valence-electron chi connectivity index (χ3n) is 5.24. The van der Waals surface area contributed by atoms with Crippen LogP contribution in [-0.2, 0) is 4.74 Å². The summed E-state index contributed by atoms with van der Waals surface area (Å²) in [7, 11) is 0. The molecule has 0 atom stereocenters. The monoisotopic (exact) mass is 500 g/mol. The maximum absolute atomic E-state index is 12.3. The van der Waals surface area contributed by atoms with Gasteiger partial charge in [-0.3, -0.25) is 0 Å². The third kappa shape index (κ3) is 7.44. The minimum atomic E-state index is -0.459. The summed E-state index contributed by atoms with van der Waals surface area (Å²) in [6, 6.07) is 21.1. The lowest BCUT2D eigenvalue weighted by Gasteiger charge is -2.10. The van der Waals surface area contributed by atoms with Crippen LogP contribution in [0.25, 0.3) is 10.9 Å². The second-order valence-electron chi connectivity index (χ2n) is 8.43. The van der Waals surface area contributed by atoms with Gasteiger partial charge in [0.1, 0.15) is 18.1 Å². The number of esters is 1. The summed E-state index contributed by atoms with van der Waals surface area (Å²) >= 11 is 0. The van der Waals surface area contributed by atoms with E-state index in [0.29, 0.717) is 53.3 Å². The molecular formula is C29H28N2O6. The Bertz CT molecular complexity index is 1440. The molecule has 1 aromatic heterocycles. The third-order valence-corrected chi connectivity index (χ3v) is 5.24. The summed E-state index contributed by atoms with van der Waals surface area (Å²) in [6.07, 6.45) is 2.51. The van der Waals surface area contributed by atoms with Crippen molar-refractivity contribution in [2.24, 2.45) is 0 Å². The van der Waals surface area contributed by atoms with E-state index in [9.17, 15) is 9.59 Å². The standard InChI is InChI=1S/C29H28N2O6/c1-20(2)15-18-35-23-13-11-21(12-14-23)27(32)36-17-6-16-34-24-8-5-7-22(19-24)30-29-31-26-10-4-3-9-25(26)28(33)37-29/h3-5,7-15,19H,6,16-18H2,1-2H3,(H,30,31). The smallest absolute Gasteiger partial charge is 0.348 e.